The van der Waals surface area contributed by atoms with Crippen molar-refractivity contribution in [1.82, 2.24) is 9.97 Å². The summed E-state index contributed by atoms with van der Waals surface area (Å²) in [6.07, 6.45) is 11.1. The van der Waals surface area contributed by atoms with Crippen LogP contribution >= 0.6 is 0 Å². The average molecular weight is 622 g/mol. The van der Waals surface area contributed by atoms with E-state index in [1.165, 1.54) is 5.56 Å². The van der Waals surface area contributed by atoms with Crippen LogP contribution in [0.4, 0.5) is 5.69 Å². The zero-order valence-electron chi connectivity index (χ0n) is 26.7. The number of hydrogen-bond donors (Lipinski definition) is 2. The van der Waals surface area contributed by atoms with Gasteiger partial charge in [0, 0.05) is 36.7 Å². The van der Waals surface area contributed by atoms with Gasteiger partial charge in [0.25, 0.3) is 0 Å². The Morgan fingerprint density at radius 2 is 1.70 bits per heavy atom. The van der Waals surface area contributed by atoms with E-state index in [0.29, 0.717) is 38.3 Å². The van der Waals surface area contributed by atoms with Crippen molar-refractivity contribution in [3.63, 3.8) is 0 Å². The number of benzene rings is 2. The highest BCUT2D eigenvalue weighted by Gasteiger charge is 2.37. The van der Waals surface area contributed by atoms with Crippen LogP contribution in [0.2, 0.25) is 0 Å². The molecule has 0 saturated heterocycles. The van der Waals surface area contributed by atoms with Crippen molar-refractivity contribution in [3.05, 3.63) is 119 Å². The molecule has 0 aliphatic heterocycles. The standard InChI is InChI=1S/C38H43N3O5/c1-3-38(4-2,37(43)44)25-36(42)41-33-14-7-11-30(24-33)16-19-32-13-8-15-34(40-32)28-45-23-6-5-10-29-17-20-35(21-18-29)46-27-31-12-9-22-39-26-31/h7-9,11-22,24,26H,3-6,10,23,25,27-28H2,1-2H3,(H,41,42)(H,43,44). The molecule has 0 spiro atoms. The van der Waals surface area contributed by atoms with Gasteiger partial charge in [-0.25, -0.2) is 0 Å². The molecular formula is C38H43N3O5. The van der Waals surface area contributed by atoms with E-state index in [9.17, 15) is 14.7 Å². The predicted molar refractivity (Wildman–Crippen MR) is 181 cm³/mol. The third-order valence-electron chi connectivity index (χ3n) is 8.06. The Morgan fingerprint density at radius 3 is 2.43 bits per heavy atom. The minimum Gasteiger partial charge on any atom is -0.489 e. The Labute approximate surface area is 271 Å². The Bertz CT molecular complexity index is 1570. The monoisotopic (exact) mass is 621 g/mol. The second kappa shape index (κ2) is 17.6. The number of amides is 1. The summed E-state index contributed by atoms with van der Waals surface area (Å²) >= 11 is 0. The largest absolute Gasteiger partial charge is 0.489 e. The van der Waals surface area contributed by atoms with E-state index in [2.05, 4.69) is 27.4 Å². The number of hydrogen-bond acceptors (Lipinski definition) is 6. The fourth-order valence-corrected chi connectivity index (χ4v) is 5.08. The molecule has 8 nitrogen and oxygen atoms in total. The van der Waals surface area contributed by atoms with Gasteiger partial charge >= 0.3 is 5.97 Å². The number of aromatic nitrogens is 2. The van der Waals surface area contributed by atoms with Gasteiger partial charge in [-0.1, -0.05) is 56.3 Å². The maximum Gasteiger partial charge on any atom is 0.310 e. The molecule has 2 aromatic carbocycles. The number of pyridine rings is 2. The average Bonchev–Trinajstić information content (AvgIpc) is 3.08. The highest BCUT2D eigenvalue weighted by molar-refractivity contribution is 5.94. The molecule has 2 aromatic heterocycles. The maximum absolute atomic E-state index is 12.6. The van der Waals surface area contributed by atoms with Gasteiger partial charge in [0.15, 0.2) is 0 Å². The lowest BCUT2D eigenvalue weighted by Gasteiger charge is -2.25. The van der Waals surface area contributed by atoms with Crippen molar-refractivity contribution in [1.29, 1.82) is 0 Å². The number of nitrogens with zero attached hydrogens (tertiary/aromatic N) is 2. The number of aryl methyl sites for hydroxylation is 1. The van der Waals surface area contributed by atoms with E-state index in [1.54, 1.807) is 26.1 Å². The summed E-state index contributed by atoms with van der Waals surface area (Å²) in [4.78, 5) is 33.2. The normalized spacial score (nSPS) is 11.4. The molecule has 0 saturated carbocycles. The molecule has 2 N–H and O–H groups in total. The molecule has 0 atom stereocenters. The highest BCUT2D eigenvalue weighted by atomic mass is 16.5. The minimum absolute atomic E-state index is 0.0633. The molecule has 0 aliphatic carbocycles. The van der Waals surface area contributed by atoms with Crippen LogP contribution in [0, 0.1) is 5.41 Å². The lowest BCUT2D eigenvalue weighted by atomic mass is 9.79. The Kier molecular flexibility index (Phi) is 13.0. The first-order valence-corrected chi connectivity index (χ1v) is 15.8. The first-order valence-electron chi connectivity index (χ1n) is 15.8. The topological polar surface area (TPSA) is 111 Å². The van der Waals surface area contributed by atoms with E-state index in [4.69, 9.17) is 9.47 Å². The van der Waals surface area contributed by atoms with Crippen molar-refractivity contribution < 1.29 is 24.2 Å². The van der Waals surface area contributed by atoms with Gasteiger partial charge in [0.05, 0.1) is 23.4 Å². The highest BCUT2D eigenvalue weighted by Crippen LogP contribution is 2.31. The van der Waals surface area contributed by atoms with Crippen LogP contribution < -0.4 is 10.1 Å². The second-order valence-electron chi connectivity index (χ2n) is 11.3. The molecule has 46 heavy (non-hydrogen) atoms. The maximum atomic E-state index is 12.6. The summed E-state index contributed by atoms with van der Waals surface area (Å²) in [7, 11) is 0. The van der Waals surface area contributed by atoms with E-state index >= 15 is 0 Å². The molecule has 1 amide bonds. The number of carboxylic acid groups (broad SMARTS) is 1. The number of anilines is 1. The number of nitrogens with one attached hydrogen (secondary N) is 1. The first-order chi connectivity index (χ1) is 22.4. The Hall–Kier alpha value is -4.82. The molecule has 0 aliphatic rings. The quantitative estimate of drug-likeness (QED) is 0.108. The van der Waals surface area contributed by atoms with Gasteiger partial charge in [0.1, 0.15) is 12.4 Å². The van der Waals surface area contributed by atoms with E-state index in [-0.39, 0.29) is 12.3 Å². The zero-order valence-corrected chi connectivity index (χ0v) is 26.7. The number of rotatable bonds is 18. The molecular weight excluding hydrogens is 578 g/mol. The fourth-order valence-electron chi connectivity index (χ4n) is 5.08. The molecule has 4 rings (SSSR count). The SMILES string of the molecule is CCC(CC)(CC(=O)Nc1cccc(C=Cc2cccc(COCCCCc3ccc(OCc4cccnc4)cc3)n2)c1)C(=O)O. The van der Waals surface area contributed by atoms with Gasteiger partial charge in [0.2, 0.25) is 5.91 Å². The molecule has 8 heteroatoms. The predicted octanol–water partition coefficient (Wildman–Crippen LogP) is 7.99. The number of carbonyl (C=O) groups is 2. The summed E-state index contributed by atoms with van der Waals surface area (Å²) in [6, 6.07) is 25.4. The van der Waals surface area contributed by atoms with Gasteiger partial charge in [-0.2, -0.15) is 0 Å². The molecule has 0 bridgehead atoms. The Morgan fingerprint density at radius 1 is 0.891 bits per heavy atom. The van der Waals surface area contributed by atoms with Crippen LogP contribution in [0.5, 0.6) is 5.75 Å². The second-order valence-corrected chi connectivity index (χ2v) is 11.3. The number of unbranched alkanes of at least 4 members (excludes halogenated alkanes) is 1. The fraction of sp³-hybridized carbons (Fsp3) is 0.316. The van der Waals surface area contributed by atoms with Gasteiger partial charge in [-0.3, -0.25) is 19.6 Å². The molecule has 4 aromatic rings. The molecule has 0 fully saturated rings. The summed E-state index contributed by atoms with van der Waals surface area (Å²) in [5.41, 5.74) is 4.45. The lowest BCUT2D eigenvalue weighted by molar-refractivity contribution is -0.151. The minimum atomic E-state index is -1.05. The molecule has 2 heterocycles. The number of carboxylic acids is 1. The van der Waals surface area contributed by atoms with Crippen molar-refractivity contribution in [2.75, 3.05) is 11.9 Å². The third kappa shape index (κ3) is 10.7. The van der Waals surface area contributed by atoms with Crippen LogP contribution in [0.1, 0.15) is 74.0 Å². The van der Waals surface area contributed by atoms with Crippen LogP contribution in [-0.2, 0) is 34.0 Å². The first kappa shape index (κ1) is 34.1. The summed E-state index contributed by atoms with van der Waals surface area (Å²) in [5, 5.41) is 12.5. The van der Waals surface area contributed by atoms with E-state index in [1.807, 2.05) is 79.0 Å². The summed E-state index contributed by atoms with van der Waals surface area (Å²) < 4.78 is 11.7. The van der Waals surface area contributed by atoms with Crippen LogP contribution in [-0.4, -0.2) is 33.6 Å². The molecule has 0 radical (unpaired) electrons. The van der Waals surface area contributed by atoms with Crippen molar-refractivity contribution in [2.24, 2.45) is 5.41 Å². The summed E-state index contributed by atoms with van der Waals surface area (Å²) in [5.74, 6) is -0.396. The molecule has 0 unspecified atom stereocenters. The third-order valence-corrected chi connectivity index (χ3v) is 8.06. The van der Waals surface area contributed by atoms with E-state index in [0.717, 1.165) is 47.5 Å². The number of aliphatic carboxylic acids is 1. The Balaban J connectivity index is 1.17. The van der Waals surface area contributed by atoms with Crippen LogP contribution in [0.25, 0.3) is 12.2 Å². The smallest absolute Gasteiger partial charge is 0.310 e. The number of carbonyl (C=O) groups excluding carboxylic acids is 1. The van der Waals surface area contributed by atoms with Crippen LogP contribution in [0.3, 0.4) is 0 Å². The number of ether oxygens (including phenoxy) is 2. The van der Waals surface area contributed by atoms with Crippen molar-refractivity contribution in [3.8, 4) is 5.75 Å². The van der Waals surface area contributed by atoms with Crippen molar-refractivity contribution >= 4 is 29.7 Å². The van der Waals surface area contributed by atoms with Gasteiger partial charge in [-0.05, 0) is 91.8 Å². The van der Waals surface area contributed by atoms with Gasteiger partial charge in [-0.15, -0.1) is 0 Å². The van der Waals surface area contributed by atoms with Crippen molar-refractivity contribution in [2.45, 2.75) is 65.6 Å². The zero-order chi connectivity index (χ0) is 32.6. The van der Waals surface area contributed by atoms with Gasteiger partial charge < -0.3 is 19.9 Å². The van der Waals surface area contributed by atoms with Crippen LogP contribution in [0.15, 0.2) is 91.3 Å². The van der Waals surface area contributed by atoms with E-state index < -0.39 is 11.4 Å². The lowest BCUT2D eigenvalue weighted by Crippen LogP contribution is -2.34. The molecule has 240 valence electrons. The summed E-state index contributed by atoms with van der Waals surface area (Å²) in [6.45, 7) is 5.22.